The monoisotopic (exact) mass is 385 g/mol. The van der Waals surface area contributed by atoms with Gasteiger partial charge >= 0.3 is 0 Å². The van der Waals surface area contributed by atoms with E-state index in [1.165, 1.54) is 6.07 Å². The third-order valence-electron chi connectivity index (χ3n) is 5.12. The highest BCUT2D eigenvalue weighted by Crippen LogP contribution is 2.48. The second-order valence-corrected chi connectivity index (χ2v) is 7.17. The lowest BCUT2D eigenvalue weighted by atomic mass is 9.96. The SMILES string of the molecule is CCNC(=NCC1(c2cccc(F)c2)CC1)NCCc1ccc(O)c(OC)c1. The molecule has 0 aromatic heterocycles. The first-order valence-electron chi connectivity index (χ1n) is 9.70. The van der Waals surface area contributed by atoms with E-state index in [9.17, 15) is 9.50 Å². The number of halogens is 1. The van der Waals surface area contributed by atoms with E-state index in [4.69, 9.17) is 9.73 Å². The van der Waals surface area contributed by atoms with Crippen molar-refractivity contribution in [1.82, 2.24) is 10.6 Å². The molecule has 150 valence electrons. The molecule has 0 heterocycles. The Labute approximate surface area is 165 Å². The van der Waals surface area contributed by atoms with E-state index >= 15 is 0 Å². The predicted octanol–water partition coefficient (Wildman–Crippen LogP) is 3.37. The van der Waals surface area contributed by atoms with Crippen molar-refractivity contribution in [3.63, 3.8) is 0 Å². The van der Waals surface area contributed by atoms with Gasteiger partial charge in [-0.25, -0.2) is 4.39 Å². The lowest BCUT2D eigenvalue weighted by Gasteiger charge is -2.16. The van der Waals surface area contributed by atoms with Crippen molar-refractivity contribution in [2.75, 3.05) is 26.7 Å². The maximum Gasteiger partial charge on any atom is 0.191 e. The van der Waals surface area contributed by atoms with E-state index in [0.717, 1.165) is 42.9 Å². The van der Waals surface area contributed by atoms with Crippen molar-refractivity contribution in [2.24, 2.45) is 4.99 Å². The lowest BCUT2D eigenvalue weighted by molar-refractivity contribution is 0.373. The molecule has 0 aliphatic heterocycles. The molecule has 1 fully saturated rings. The largest absolute Gasteiger partial charge is 0.504 e. The number of methoxy groups -OCH3 is 1. The number of benzene rings is 2. The van der Waals surface area contributed by atoms with Crippen LogP contribution in [0.15, 0.2) is 47.5 Å². The zero-order chi connectivity index (χ0) is 20.0. The standard InChI is InChI=1S/C22H28FN3O2/c1-3-24-21(25-12-9-16-7-8-19(27)20(13-16)28-2)26-15-22(10-11-22)17-5-4-6-18(23)14-17/h4-8,13-14,27H,3,9-12,15H2,1-2H3,(H2,24,25,26). The van der Waals surface area contributed by atoms with Crippen LogP contribution >= 0.6 is 0 Å². The Bertz CT molecular complexity index is 834. The maximum atomic E-state index is 13.6. The van der Waals surface area contributed by atoms with Crippen molar-refractivity contribution in [2.45, 2.75) is 31.6 Å². The molecule has 0 radical (unpaired) electrons. The molecule has 0 bridgehead atoms. The summed E-state index contributed by atoms with van der Waals surface area (Å²) in [6.45, 7) is 4.14. The van der Waals surface area contributed by atoms with Crippen LogP contribution in [0.3, 0.4) is 0 Å². The van der Waals surface area contributed by atoms with Gasteiger partial charge in [0, 0.05) is 18.5 Å². The Balaban J connectivity index is 1.59. The molecule has 3 rings (SSSR count). The summed E-state index contributed by atoms with van der Waals surface area (Å²) in [5.41, 5.74) is 2.06. The second-order valence-electron chi connectivity index (χ2n) is 7.17. The summed E-state index contributed by atoms with van der Waals surface area (Å²) in [7, 11) is 1.54. The van der Waals surface area contributed by atoms with E-state index in [2.05, 4.69) is 10.6 Å². The van der Waals surface area contributed by atoms with Gasteiger partial charge in [0.15, 0.2) is 17.5 Å². The summed E-state index contributed by atoms with van der Waals surface area (Å²) in [6, 6.07) is 12.2. The molecule has 1 aliphatic rings. The number of guanidine groups is 1. The van der Waals surface area contributed by atoms with Gasteiger partial charge in [0.1, 0.15) is 5.82 Å². The lowest BCUT2D eigenvalue weighted by Crippen LogP contribution is -2.39. The summed E-state index contributed by atoms with van der Waals surface area (Å²) in [4.78, 5) is 4.74. The molecule has 28 heavy (non-hydrogen) atoms. The molecular formula is C22H28FN3O2. The van der Waals surface area contributed by atoms with Crippen LogP contribution in [0.5, 0.6) is 11.5 Å². The van der Waals surface area contributed by atoms with Crippen LogP contribution < -0.4 is 15.4 Å². The topological polar surface area (TPSA) is 65.9 Å². The number of nitrogens with zero attached hydrogens (tertiary/aromatic N) is 1. The summed E-state index contributed by atoms with van der Waals surface area (Å²) in [5, 5.41) is 16.3. The van der Waals surface area contributed by atoms with Gasteiger partial charge in [0.05, 0.1) is 13.7 Å². The van der Waals surface area contributed by atoms with E-state index in [-0.39, 0.29) is 17.0 Å². The van der Waals surface area contributed by atoms with E-state index < -0.39 is 0 Å². The number of rotatable bonds is 8. The number of hydrogen-bond acceptors (Lipinski definition) is 3. The Morgan fingerprint density at radius 1 is 1.21 bits per heavy atom. The van der Waals surface area contributed by atoms with Gasteiger partial charge in [-0.2, -0.15) is 0 Å². The van der Waals surface area contributed by atoms with E-state index in [1.54, 1.807) is 25.3 Å². The third kappa shape index (κ3) is 4.94. The minimum Gasteiger partial charge on any atom is -0.504 e. The average molecular weight is 385 g/mol. The summed E-state index contributed by atoms with van der Waals surface area (Å²) >= 11 is 0. The molecule has 0 saturated heterocycles. The fraction of sp³-hybridized carbons (Fsp3) is 0.409. The van der Waals surface area contributed by atoms with Crippen LogP contribution in [0.25, 0.3) is 0 Å². The van der Waals surface area contributed by atoms with Gasteiger partial charge in [-0.1, -0.05) is 18.2 Å². The fourth-order valence-corrected chi connectivity index (χ4v) is 3.28. The molecule has 0 amide bonds. The summed E-state index contributed by atoms with van der Waals surface area (Å²) < 4.78 is 18.7. The molecule has 1 aliphatic carbocycles. The highest BCUT2D eigenvalue weighted by Gasteiger charge is 2.44. The molecule has 2 aromatic rings. The number of nitrogens with one attached hydrogen (secondary N) is 2. The number of phenolic OH excluding ortho intramolecular Hbond substituents is 1. The second kappa shape index (κ2) is 8.95. The minimum absolute atomic E-state index is 0.0330. The summed E-state index contributed by atoms with van der Waals surface area (Å²) in [6.07, 6.45) is 2.84. The smallest absolute Gasteiger partial charge is 0.191 e. The Morgan fingerprint density at radius 2 is 2.04 bits per heavy atom. The predicted molar refractivity (Wildman–Crippen MR) is 110 cm³/mol. The zero-order valence-corrected chi connectivity index (χ0v) is 16.5. The van der Waals surface area contributed by atoms with Gasteiger partial charge < -0.3 is 20.5 Å². The molecule has 1 saturated carbocycles. The van der Waals surface area contributed by atoms with Crippen molar-refractivity contribution in [3.05, 3.63) is 59.4 Å². The minimum atomic E-state index is -0.192. The Morgan fingerprint density at radius 3 is 2.71 bits per heavy atom. The van der Waals surface area contributed by atoms with Crippen LogP contribution in [-0.4, -0.2) is 37.8 Å². The van der Waals surface area contributed by atoms with Crippen molar-refractivity contribution < 1.29 is 14.2 Å². The molecule has 5 nitrogen and oxygen atoms in total. The van der Waals surface area contributed by atoms with Crippen LogP contribution in [0.4, 0.5) is 4.39 Å². The van der Waals surface area contributed by atoms with Gasteiger partial charge in [-0.3, -0.25) is 4.99 Å². The first kappa shape index (κ1) is 20.0. The fourth-order valence-electron chi connectivity index (χ4n) is 3.28. The normalized spacial score (nSPS) is 15.2. The molecule has 2 aromatic carbocycles. The zero-order valence-electron chi connectivity index (χ0n) is 16.5. The Kier molecular flexibility index (Phi) is 6.39. The quantitative estimate of drug-likeness (QED) is 0.482. The highest BCUT2D eigenvalue weighted by molar-refractivity contribution is 5.79. The number of aliphatic imine (C=N–C) groups is 1. The van der Waals surface area contributed by atoms with Crippen molar-refractivity contribution in [1.29, 1.82) is 0 Å². The van der Waals surface area contributed by atoms with Crippen LogP contribution in [-0.2, 0) is 11.8 Å². The number of ether oxygens (including phenoxy) is 1. The van der Waals surface area contributed by atoms with E-state index in [1.807, 2.05) is 25.1 Å². The first-order chi connectivity index (χ1) is 13.6. The number of phenols is 1. The first-order valence-corrected chi connectivity index (χ1v) is 9.70. The van der Waals surface area contributed by atoms with Gasteiger partial charge in [0.25, 0.3) is 0 Å². The van der Waals surface area contributed by atoms with Crippen molar-refractivity contribution >= 4 is 5.96 Å². The van der Waals surface area contributed by atoms with Gasteiger partial charge in [0.2, 0.25) is 0 Å². The highest BCUT2D eigenvalue weighted by atomic mass is 19.1. The van der Waals surface area contributed by atoms with Crippen LogP contribution in [0.2, 0.25) is 0 Å². The summed E-state index contributed by atoms with van der Waals surface area (Å²) in [5.74, 6) is 1.18. The molecule has 0 atom stereocenters. The van der Waals surface area contributed by atoms with Crippen LogP contribution in [0.1, 0.15) is 30.9 Å². The molecule has 0 unspecified atom stereocenters. The average Bonchev–Trinajstić information content (AvgIpc) is 3.48. The number of aromatic hydroxyl groups is 1. The third-order valence-corrected chi connectivity index (χ3v) is 5.12. The molecule has 0 spiro atoms. The van der Waals surface area contributed by atoms with Gasteiger partial charge in [-0.05, 0) is 61.6 Å². The van der Waals surface area contributed by atoms with E-state index in [0.29, 0.717) is 18.8 Å². The maximum absolute atomic E-state index is 13.6. The molecule has 3 N–H and O–H groups in total. The molecular weight excluding hydrogens is 357 g/mol. The number of hydrogen-bond donors (Lipinski definition) is 3. The van der Waals surface area contributed by atoms with Crippen molar-refractivity contribution in [3.8, 4) is 11.5 Å². The van der Waals surface area contributed by atoms with Gasteiger partial charge in [-0.15, -0.1) is 0 Å². The van der Waals surface area contributed by atoms with Crippen LogP contribution in [0, 0.1) is 5.82 Å². The Hall–Kier alpha value is -2.76. The molecule has 6 heteroatoms.